The Morgan fingerprint density at radius 2 is 2.28 bits per heavy atom. The zero-order valence-corrected chi connectivity index (χ0v) is 10.6. The number of hydrogen-bond donors (Lipinski definition) is 1. The van der Waals surface area contributed by atoms with Crippen LogP contribution in [0.1, 0.15) is 18.9 Å². The highest BCUT2D eigenvalue weighted by atomic mass is 16.5. The fourth-order valence-electron chi connectivity index (χ4n) is 2.16. The Morgan fingerprint density at radius 1 is 1.50 bits per heavy atom. The summed E-state index contributed by atoms with van der Waals surface area (Å²) in [6, 6.07) is 6.98. The second kappa shape index (κ2) is 5.87. The van der Waals surface area contributed by atoms with Crippen molar-refractivity contribution in [3.05, 3.63) is 29.8 Å². The molecular formula is C14H19NO3. The minimum atomic E-state index is 0.0499. The molecule has 0 spiro atoms. The number of carbonyl (C=O) groups excluding carboxylic acids is 1. The zero-order chi connectivity index (χ0) is 13.0. The molecule has 1 heterocycles. The van der Waals surface area contributed by atoms with Crippen LogP contribution in [-0.2, 0) is 16.0 Å². The van der Waals surface area contributed by atoms with Gasteiger partial charge in [0.1, 0.15) is 5.75 Å². The molecule has 1 aromatic rings. The molecule has 4 nitrogen and oxygen atoms in total. The number of carbonyl (C=O) groups is 1. The van der Waals surface area contributed by atoms with Crippen molar-refractivity contribution < 1.29 is 14.6 Å². The van der Waals surface area contributed by atoms with Crippen LogP contribution in [0.5, 0.6) is 5.75 Å². The van der Waals surface area contributed by atoms with Crippen molar-refractivity contribution in [2.45, 2.75) is 25.9 Å². The van der Waals surface area contributed by atoms with E-state index in [1.807, 2.05) is 17.9 Å². The highest BCUT2D eigenvalue weighted by Gasteiger charge is 2.20. The van der Waals surface area contributed by atoms with Crippen LogP contribution in [0.25, 0.3) is 0 Å². The monoisotopic (exact) mass is 249 g/mol. The number of para-hydroxylation sites is 1. The minimum Gasteiger partial charge on any atom is -0.508 e. The molecule has 1 atom stereocenters. The summed E-state index contributed by atoms with van der Waals surface area (Å²) < 4.78 is 5.51. The van der Waals surface area contributed by atoms with Crippen molar-refractivity contribution in [3.8, 4) is 5.75 Å². The van der Waals surface area contributed by atoms with Crippen LogP contribution in [-0.4, -0.2) is 41.7 Å². The van der Waals surface area contributed by atoms with Crippen LogP contribution in [0.4, 0.5) is 0 Å². The first-order valence-corrected chi connectivity index (χ1v) is 6.33. The summed E-state index contributed by atoms with van der Waals surface area (Å²) in [6.07, 6.45) is 1.21. The van der Waals surface area contributed by atoms with Crippen LogP contribution in [0.15, 0.2) is 24.3 Å². The van der Waals surface area contributed by atoms with Crippen molar-refractivity contribution in [2.75, 3.05) is 19.7 Å². The van der Waals surface area contributed by atoms with Gasteiger partial charge < -0.3 is 14.7 Å². The van der Waals surface area contributed by atoms with Gasteiger partial charge in [0.25, 0.3) is 0 Å². The highest BCUT2D eigenvalue weighted by molar-refractivity contribution is 5.79. The van der Waals surface area contributed by atoms with Gasteiger partial charge in [0.15, 0.2) is 0 Å². The Kier molecular flexibility index (Phi) is 4.20. The maximum Gasteiger partial charge on any atom is 0.227 e. The average Bonchev–Trinajstić information content (AvgIpc) is 2.57. The van der Waals surface area contributed by atoms with Gasteiger partial charge in [-0.1, -0.05) is 18.2 Å². The van der Waals surface area contributed by atoms with Gasteiger partial charge in [0.05, 0.1) is 12.5 Å². The number of rotatable bonds is 2. The SMILES string of the molecule is CC1CN(C(=O)Cc2ccccc2O)CCCO1. The Labute approximate surface area is 107 Å². The van der Waals surface area contributed by atoms with E-state index in [1.54, 1.807) is 18.2 Å². The molecule has 1 aromatic carbocycles. The Morgan fingerprint density at radius 3 is 3.06 bits per heavy atom. The summed E-state index contributed by atoms with van der Waals surface area (Å²) in [6.45, 7) is 4.05. The quantitative estimate of drug-likeness (QED) is 0.865. The summed E-state index contributed by atoms with van der Waals surface area (Å²) in [5.74, 6) is 0.235. The average molecular weight is 249 g/mol. The van der Waals surface area contributed by atoms with E-state index in [0.29, 0.717) is 18.7 Å². The summed E-state index contributed by atoms with van der Waals surface area (Å²) in [4.78, 5) is 14.0. The number of aromatic hydroxyl groups is 1. The van der Waals surface area contributed by atoms with Crippen LogP contribution < -0.4 is 0 Å². The third-order valence-corrected chi connectivity index (χ3v) is 3.14. The van der Waals surface area contributed by atoms with Crippen molar-refractivity contribution in [1.82, 2.24) is 4.90 Å². The van der Waals surface area contributed by atoms with E-state index in [1.165, 1.54) is 0 Å². The standard InChI is InChI=1S/C14H19NO3/c1-11-10-15(7-4-8-18-11)14(17)9-12-5-2-3-6-13(12)16/h2-3,5-6,11,16H,4,7-10H2,1H3. The fraction of sp³-hybridized carbons (Fsp3) is 0.500. The largest absolute Gasteiger partial charge is 0.508 e. The Balaban J connectivity index is 2.01. The Bertz CT molecular complexity index is 419. The third-order valence-electron chi connectivity index (χ3n) is 3.14. The van der Waals surface area contributed by atoms with Crippen LogP contribution >= 0.6 is 0 Å². The third kappa shape index (κ3) is 3.23. The first-order valence-electron chi connectivity index (χ1n) is 6.33. The maximum absolute atomic E-state index is 12.2. The van der Waals surface area contributed by atoms with E-state index >= 15 is 0 Å². The lowest BCUT2D eigenvalue weighted by Gasteiger charge is -2.22. The van der Waals surface area contributed by atoms with Gasteiger partial charge in [-0.2, -0.15) is 0 Å². The minimum absolute atomic E-state index is 0.0499. The number of phenols is 1. The molecule has 1 unspecified atom stereocenters. The topological polar surface area (TPSA) is 49.8 Å². The summed E-state index contributed by atoms with van der Waals surface area (Å²) >= 11 is 0. The van der Waals surface area contributed by atoms with Gasteiger partial charge in [0.2, 0.25) is 5.91 Å². The second-order valence-corrected chi connectivity index (χ2v) is 4.68. The number of benzene rings is 1. The van der Waals surface area contributed by atoms with E-state index in [9.17, 15) is 9.90 Å². The van der Waals surface area contributed by atoms with E-state index < -0.39 is 0 Å². The fourth-order valence-corrected chi connectivity index (χ4v) is 2.16. The summed E-state index contributed by atoms with van der Waals surface area (Å²) in [5.41, 5.74) is 0.681. The molecule has 1 aliphatic rings. The van der Waals surface area contributed by atoms with Crippen molar-refractivity contribution in [1.29, 1.82) is 0 Å². The van der Waals surface area contributed by atoms with Crippen LogP contribution in [0.2, 0.25) is 0 Å². The molecule has 1 aliphatic heterocycles. The van der Waals surface area contributed by atoms with Gasteiger partial charge in [0, 0.05) is 25.3 Å². The molecule has 1 N–H and O–H groups in total. The molecule has 1 fully saturated rings. The number of hydrogen-bond acceptors (Lipinski definition) is 3. The molecule has 2 rings (SSSR count). The molecule has 4 heteroatoms. The number of phenolic OH excluding ortho intramolecular Hbond substituents is 1. The lowest BCUT2D eigenvalue weighted by molar-refractivity contribution is -0.131. The zero-order valence-electron chi connectivity index (χ0n) is 10.6. The normalized spacial score (nSPS) is 20.5. The van der Waals surface area contributed by atoms with Crippen molar-refractivity contribution in [2.24, 2.45) is 0 Å². The predicted molar refractivity (Wildman–Crippen MR) is 68.4 cm³/mol. The van der Waals surface area contributed by atoms with E-state index in [2.05, 4.69) is 0 Å². The van der Waals surface area contributed by atoms with Crippen molar-refractivity contribution in [3.63, 3.8) is 0 Å². The molecule has 1 saturated heterocycles. The molecule has 0 bridgehead atoms. The number of ether oxygens (including phenoxy) is 1. The first-order chi connectivity index (χ1) is 8.66. The molecule has 98 valence electrons. The van der Waals surface area contributed by atoms with Gasteiger partial charge in [-0.05, 0) is 19.4 Å². The van der Waals surface area contributed by atoms with Gasteiger partial charge in [-0.25, -0.2) is 0 Å². The summed E-state index contributed by atoms with van der Waals surface area (Å²) in [5, 5.41) is 9.67. The van der Waals surface area contributed by atoms with Gasteiger partial charge >= 0.3 is 0 Å². The molecule has 0 aliphatic carbocycles. The van der Waals surface area contributed by atoms with E-state index in [-0.39, 0.29) is 24.2 Å². The Hall–Kier alpha value is -1.55. The maximum atomic E-state index is 12.2. The summed E-state index contributed by atoms with van der Waals surface area (Å²) in [7, 11) is 0. The van der Waals surface area contributed by atoms with Crippen LogP contribution in [0.3, 0.4) is 0 Å². The smallest absolute Gasteiger partial charge is 0.227 e. The van der Waals surface area contributed by atoms with Gasteiger partial charge in [-0.3, -0.25) is 4.79 Å². The molecule has 1 amide bonds. The lowest BCUT2D eigenvalue weighted by atomic mass is 10.1. The number of nitrogens with zero attached hydrogens (tertiary/aromatic N) is 1. The van der Waals surface area contributed by atoms with Crippen molar-refractivity contribution >= 4 is 5.91 Å². The molecule has 0 aromatic heterocycles. The molecule has 0 radical (unpaired) electrons. The molecule has 0 saturated carbocycles. The highest BCUT2D eigenvalue weighted by Crippen LogP contribution is 2.17. The first kappa shape index (κ1) is 12.9. The lowest BCUT2D eigenvalue weighted by Crippen LogP contribution is -2.36. The van der Waals surface area contributed by atoms with Gasteiger partial charge in [-0.15, -0.1) is 0 Å². The van der Waals surface area contributed by atoms with E-state index in [4.69, 9.17) is 4.74 Å². The second-order valence-electron chi connectivity index (χ2n) is 4.68. The van der Waals surface area contributed by atoms with Crippen LogP contribution in [0, 0.1) is 0 Å². The van der Waals surface area contributed by atoms with E-state index in [0.717, 1.165) is 13.0 Å². The molecular weight excluding hydrogens is 230 g/mol. The predicted octanol–water partition coefficient (Wildman–Crippen LogP) is 1.57. The molecule has 18 heavy (non-hydrogen) atoms. The number of amides is 1.